The zero-order valence-electron chi connectivity index (χ0n) is 14.7. The van der Waals surface area contributed by atoms with Crippen LogP contribution in [-0.4, -0.2) is 53.0 Å². The van der Waals surface area contributed by atoms with Gasteiger partial charge in [0, 0.05) is 12.1 Å². The summed E-state index contributed by atoms with van der Waals surface area (Å²) in [4.78, 5) is 38.0. The number of aliphatic hydroxyl groups is 1. The van der Waals surface area contributed by atoms with Crippen LogP contribution in [0, 0.1) is 21.1 Å². The highest BCUT2D eigenvalue weighted by atomic mass is 32.1. The molecule has 0 amide bonds. The van der Waals surface area contributed by atoms with Gasteiger partial charge in [-0.25, -0.2) is 18.1 Å². The molecule has 6 N–H and O–H groups in total. The Morgan fingerprint density at radius 2 is 1.80 bits per heavy atom. The summed E-state index contributed by atoms with van der Waals surface area (Å²) in [7, 11) is -16.6. The average molecular weight is 532 g/mol. The number of H-pyrrole nitrogens is 1. The predicted molar refractivity (Wildman–Crippen MR) is 99.3 cm³/mol. The van der Waals surface area contributed by atoms with Crippen LogP contribution in [-0.2, 0) is 31.6 Å². The predicted octanol–water partition coefficient (Wildman–Crippen LogP) is 1.65. The number of phosphoric ester groups is 1. The minimum Gasteiger partial charge on any atom is -0.390 e. The number of rotatable bonds is 8. The molecule has 1 aromatic rings. The van der Waals surface area contributed by atoms with E-state index in [1.165, 1.54) is 6.92 Å². The number of aromatic amines is 1. The van der Waals surface area contributed by atoms with E-state index in [2.05, 4.69) is 18.1 Å². The van der Waals surface area contributed by atoms with Gasteiger partial charge >= 0.3 is 23.5 Å². The van der Waals surface area contributed by atoms with E-state index in [9.17, 15) is 28.1 Å². The van der Waals surface area contributed by atoms with Gasteiger partial charge in [0.25, 0.3) is 0 Å². The molecule has 0 spiro atoms. The summed E-state index contributed by atoms with van der Waals surface area (Å²) in [6.07, 6.45) is -2.72. The molecular weight excluding hydrogens is 516 g/mol. The smallest absolute Gasteiger partial charge is 0.390 e. The van der Waals surface area contributed by atoms with Crippen LogP contribution in [0.1, 0.15) is 13.2 Å². The Morgan fingerprint density at radius 3 is 2.37 bits per heavy atom. The van der Waals surface area contributed by atoms with Gasteiger partial charge in [-0.2, -0.15) is 8.62 Å². The van der Waals surface area contributed by atoms with Crippen LogP contribution in [0.3, 0.4) is 0 Å². The van der Waals surface area contributed by atoms with Gasteiger partial charge < -0.3 is 34.4 Å². The number of aromatic nitrogens is 2. The van der Waals surface area contributed by atoms with Crippen molar-refractivity contribution in [3.8, 4) is 0 Å². The molecule has 2 rings (SSSR count). The molecule has 0 bridgehead atoms. The summed E-state index contributed by atoms with van der Waals surface area (Å²) < 4.78 is 65.4. The fraction of sp³-hybridized carbons (Fsp3) is 0.600. The molecule has 0 saturated carbocycles. The van der Waals surface area contributed by atoms with Gasteiger partial charge in [0.2, 0.25) is 0 Å². The maximum Gasteiger partial charge on any atom is 0.490 e. The first-order valence-corrected chi connectivity index (χ1v) is 13.0. The molecule has 0 aromatic carbocycles. The van der Waals surface area contributed by atoms with E-state index < -0.39 is 60.2 Å². The SMILES string of the molecule is C[C@H]1C(O)[C@@H](COP(=O)(O)OP(=O)(O)OP(=O)(O)O)O[C@H]1n1cc(F)c(=S)[nH]c1=S. The first kappa shape index (κ1) is 26.0. The summed E-state index contributed by atoms with van der Waals surface area (Å²) in [5, 5.41) is 10.3. The van der Waals surface area contributed by atoms with Gasteiger partial charge in [-0.05, 0) is 12.2 Å². The number of nitrogens with zero attached hydrogens (tertiary/aromatic N) is 1. The van der Waals surface area contributed by atoms with Gasteiger partial charge in [0.1, 0.15) is 17.0 Å². The van der Waals surface area contributed by atoms with Crippen molar-refractivity contribution in [3.05, 3.63) is 21.4 Å². The Hall–Kier alpha value is -0.220. The first-order valence-electron chi connectivity index (χ1n) is 7.64. The van der Waals surface area contributed by atoms with Crippen LogP contribution >= 0.6 is 47.9 Å². The Kier molecular flexibility index (Phi) is 8.10. The summed E-state index contributed by atoms with van der Waals surface area (Å²) in [5.74, 6) is -1.55. The van der Waals surface area contributed by atoms with Crippen molar-refractivity contribution in [3.63, 3.8) is 0 Å². The molecule has 1 fully saturated rings. The summed E-state index contributed by atoms with van der Waals surface area (Å²) in [5.41, 5.74) is 0. The third kappa shape index (κ3) is 6.89. The van der Waals surface area contributed by atoms with Gasteiger partial charge in [-0.1, -0.05) is 19.1 Å². The third-order valence-electron chi connectivity index (χ3n) is 3.70. The monoisotopic (exact) mass is 532 g/mol. The summed E-state index contributed by atoms with van der Waals surface area (Å²) >= 11 is 9.75. The van der Waals surface area contributed by atoms with Crippen molar-refractivity contribution in [1.29, 1.82) is 0 Å². The molecular formula is C10H16FN2O12P3S2. The van der Waals surface area contributed by atoms with Crippen molar-refractivity contribution in [2.24, 2.45) is 5.92 Å². The highest BCUT2D eigenvalue weighted by molar-refractivity contribution is 7.72. The van der Waals surface area contributed by atoms with E-state index in [1.54, 1.807) is 0 Å². The van der Waals surface area contributed by atoms with E-state index in [0.717, 1.165) is 10.8 Å². The Bertz CT molecular complexity index is 1060. The quantitative estimate of drug-likeness (QED) is 0.208. The molecule has 20 heteroatoms. The first-order chi connectivity index (χ1) is 13.5. The van der Waals surface area contributed by atoms with Crippen molar-refractivity contribution in [2.75, 3.05) is 6.61 Å². The van der Waals surface area contributed by atoms with E-state index in [0.29, 0.717) is 0 Å². The number of hydrogen-bond acceptors (Lipinski definition) is 10. The third-order valence-corrected chi connectivity index (χ3v) is 8.11. The minimum absolute atomic E-state index is 0.0287. The average Bonchev–Trinajstić information content (AvgIpc) is 2.81. The summed E-state index contributed by atoms with van der Waals surface area (Å²) in [6.45, 7) is 0.631. The second-order valence-electron chi connectivity index (χ2n) is 5.95. The number of phosphoric acid groups is 3. The topological polar surface area (TPSA) is 210 Å². The van der Waals surface area contributed by atoms with Gasteiger partial charge in [-0.15, -0.1) is 0 Å². The second-order valence-corrected chi connectivity index (χ2v) is 11.2. The van der Waals surface area contributed by atoms with E-state index >= 15 is 0 Å². The van der Waals surface area contributed by atoms with Crippen molar-refractivity contribution < 1.29 is 60.6 Å². The van der Waals surface area contributed by atoms with Crippen LogP contribution in [0.25, 0.3) is 0 Å². The Balaban J connectivity index is 2.09. The second kappa shape index (κ2) is 9.33. The molecule has 1 saturated heterocycles. The number of aliphatic hydroxyl groups excluding tert-OH is 1. The molecule has 3 unspecified atom stereocenters. The zero-order valence-corrected chi connectivity index (χ0v) is 19.0. The van der Waals surface area contributed by atoms with Crippen LogP contribution < -0.4 is 0 Å². The largest absolute Gasteiger partial charge is 0.490 e. The molecule has 2 heterocycles. The van der Waals surface area contributed by atoms with E-state index in [-0.39, 0.29) is 9.41 Å². The van der Waals surface area contributed by atoms with Crippen molar-refractivity contribution in [1.82, 2.24) is 9.55 Å². The molecule has 14 nitrogen and oxygen atoms in total. The number of hydrogen-bond donors (Lipinski definition) is 6. The van der Waals surface area contributed by atoms with Crippen LogP contribution in [0.4, 0.5) is 4.39 Å². The lowest BCUT2D eigenvalue weighted by atomic mass is 10.0. The Labute approximate surface area is 177 Å². The zero-order chi connectivity index (χ0) is 23.1. The minimum atomic E-state index is -5.68. The van der Waals surface area contributed by atoms with Crippen LogP contribution in [0.15, 0.2) is 6.20 Å². The maximum atomic E-state index is 13.8. The highest BCUT2D eigenvalue weighted by Gasteiger charge is 2.45. The van der Waals surface area contributed by atoms with Crippen LogP contribution in [0.5, 0.6) is 0 Å². The number of ether oxygens (including phenoxy) is 1. The van der Waals surface area contributed by atoms with Gasteiger partial charge in [0.15, 0.2) is 10.6 Å². The fourth-order valence-corrected chi connectivity index (χ4v) is 5.97. The van der Waals surface area contributed by atoms with Crippen molar-refractivity contribution >= 4 is 47.9 Å². The normalized spacial score (nSPS) is 28.8. The molecule has 6 atom stereocenters. The maximum absolute atomic E-state index is 13.8. The highest BCUT2D eigenvalue weighted by Crippen LogP contribution is 2.66. The molecule has 0 aliphatic carbocycles. The van der Waals surface area contributed by atoms with Gasteiger partial charge in [-0.3, -0.25) is 9.09 Å². The molecule has 1 aromatic heterocycles. The molecule has 30 heavy (non-hydrogen) atoms. The van der Waals surface area contributed by atoms with E-state index in [1.807, 2.05) is 0 Å². The van der Waals surface area contributed by atoms with E-state index in [4.69, 9.17) is 43.9 Å². The van der Waals surface area contributed by atoms with Crippen molar-refractivity contribution in [2.45, 2.75) is 25.4 Å². The molecule has 0 radical (unpaired) electrons. The van der Waals surface area contributed by atoms with Gasteiger partial charge in [0.05, 0.1) is 12.7 Å². The lowest BCUT2D eigenvalue weighted by Crippen LogP contribution is -2.29. The van der Waals surface area contributed by atoms with Crippen LogP contribution in [0.2, 0.25) is 0 Å². The number of halogens is 1. The lowest BCUT2D eigenvalue weighted by Gasteiger charge is -2.20. The summed E-state index contributed by atoms with van der Waals surface area (Å²) in [6, 6.07) is 0. The molecule has 172 valence electrons. The molecule has 1 aliphatic rings. The Morgan fingerprint density at radius 1 is 1.20 bits per heavy atom. The number of nitrogens with one attached hydrogen (secondary N) is 1. The molecule has 1 aliphatic heterocycles. The fourth-order valence-electron chi connectivity index (χ4n) is 2.47. The standard InChI is InChI=1S/C10H16FN2O12P3S2/c1-4-7(14)6(23-9(4)13-2-5(11)8(29)12-10(13)30)3-22-27(18,19)25-28(20,21)24-26(15,16)17/h2,4,6-7,9,14H,3H2,1H3,(H,18,19)(H,20,21)(H,12,29,30)(H2,15,16,17)/t4-,6+,7?,9+/m0/s1. The lowest BCUT2D eigenvalue weighted by molar-refractivity contribution is -0.0463.